The Kier molecular flexibility index (Phi) is 3.59. The highest BCUT2D eigenvalue weighted by molar-refractivity contribution is 5.81. The lowest BCUT2D eigenvalue weighted by molar-refractivity contribution is -0.144. The fraction of sp³-hybridized carbons (Fsp3) is 0.909. The first-order valence-electron chi connectivity index (χ1n) is 5.84. The quantitative estimate of drug-likeness (QED) is 0.728. The van der Waals surface area contributed by atoms with Gasteiger partial charge in [-0.2, -0.15) is 0 Å². The molecule has 1 aliphatic carbocycles. The highest BCUT2D eigenvalue weighted by Gasteiger charge is 2.27. The monoisotopic (exact) mass is 212 g/mol. The van der Waals surface area contributed by atoms with Crippen molar-refractivity contribution in [2.24, 2.45) is 5.92 Å². The van der Waals surface area contributed by atoms with Crippen molar-refractivity contribution in [3.63, 3.8) is 0 Å². The number of carbonyl (C=O) groups excluding carboxylic acids is 1. The number of nitrogens with one attached hydrogen (secondary N) is 1. The Morgan fingerprint density at radius 2 is 2.33 bits per heavy atom. The molecule has 2 fully saturated rings. The van der Waals surface area contributed by atoms with Crippen molar-refractivity contribution in [3.8, 4) is 0 Å². The van der Waals surface area contributed by atoms with Gasteiger partial charge in [0.25, 0.3) is 5.91 Å². The molecule has 2 aliphatic rings. The number of nitrogens with zero attached hydrogens (tertiary/aromatic N) is 1. The van der Waals surface area contributed by atoms with Gasteiger partial charge in [0.1, 0.15) is 6.10 Å². The van der Waals surface area contributed by atoms with Crippen molar-refractivity contribution < 1.29 is 9.53 Å². The third-order valence-electron chi connectivity index (χ3n) is 3.34. The van der Waals surface area contributed by atoms with Crippen molar-refractivity contribution in [3.05, 3.63) is 0 Å². The van der Waals surface area contributed by atoms with Crippen LogP contribution in [0, 0.1) is 5.92 Å². The Morgan fingerprint density at radius 1 is 1.53 bits per heavy atom. The van der Waals surface area contributed by atoms with Crippen LogP contribution in [0.5, 0.6) is 0 Å². The summed E-state index contributed by atoms with van der Waals surface area (Å²) in [6, 6.07) is 0. The molecule has 1 N–H and O–H groups in total. The number of hydrogen-bond donors (Lipinski definition) is 1. The van der Waals surface area contributed by atoms with E-state index in [1.807, 2.05) is 11.9 Å². The maximum Gasteiger partial charge on any atom is 0.252 e. The van der Waals surface area contributed by atoms with Crippen LogP contribution in [0.25, 0.3) is 0 Å². The highest BCUT2D eigenvalue weighted by Crippen LogP contribution is 2.26. The lowest BCUT2D eigenvalue weighted by Gasteiger charge is -2.33. The van der Waals surface area contributed by atoms with E-state index in [1.165, 1.54) is 19.3 Å². The first kappa shape index (κ1) is 10.9. The zero-order chi connectivity index (χ0) is 10.7. The molecule has 1 heterocycles. The van der Waals surface area contributed by atoms with Gasteiger partial charge >= 0.3 is 0 Å². The zero-order valence-electron chi connectivity index (χ0n) is 9.37. The number of carbonyl (C=O) groups is 1. The maximum atomic E-state index is 11.9. The van der Waals surface area contributed by atoms with E-state index in [-0.39, 0.29) is 12.0 Å². The van der Waals surface area contributed by atoms with Crippen LogP contribution in [0.3, 0.4) is 0 Å². The normalized spacial score (nSPS) is 27.1. The molecule has 4 heteroatoms. The van der Waals surface area contributed by atoms with E-state index in [0.717, 1.165) is 19.0 Å². The van der Waals surface area contributed by atoms with E-state index in [0.29, 0.717) is 13.2 Å². The number of amides is 1. The van der Waals surface area contributed by atoms with E-state index in [2.05, 4.69) is 5.32 Å². The first-order valence-corrected chi connectivity index (χ1v) is 5.84. The van der Waals surface area contributed by atoms with Gasteiger partial charge in [0.2, 0.25) is 0 Å². The molecule has 0 spiro atoms. The average Bonchev–Trinajstić information content (AvgIpc) is 2.23. The molecule has 1 amide bonds. The molecule has 0 radical (unpaired) electrons. The zero-order valence-corrected chi connectivity index (χ0v) is 9.37. The lowest BCUT2D eigenvalue weighted by Crippen LogP contribution is -2.49. The smallest absolute Gasteiger partial charge is 0.252 e. The second-order valence-corrected chi connectivity index (χ2v) is 4.58. The molecular weight excluding hydrogens is 192 g/mol. The van der Waals surface area contributed by atoms with Gasteiger partial charge in [-0.15, -0.1) is 0 Å². The number of hydrogen-bond acceptors (Lipinski definition) is 3. The maximum absolute atomic E-state index is 11.9. The van der Waals surface area contributed by atoms with Gasteiger partial charge in [0, 0.05) is 26.7 Å². The van der Waals surface area contributed by atoms with Crippen LogP contribution >= 0.6 is 0 Å². The molecule has 1 aliphatic heterocycles. The predicted molar refractivity (Wildman–Crippen MR) is 57.6 cm³/mol. The molecule has 0 aromatic rings. The number of ether oxygens (including phenoxy) is 1. The van der Waals surface area contributed by atoms with Gasteiger partial charge in [-0.3, -0.25) is 4.79 Å². The molecule has 0 unspecified atom stereocenters. The molecule has 1 saturated carbocycles. The van der Waals surface area contributed by atoms with Crippen molar-refractivity contribution in [2.45, 2.75) is 25.4 Å². The molecule has 15 heavy (non-hydrogen) atoms. The van der Waals surface area contributed by atoms with Crippen molar-refractivity contribution in [1.82, 2.24) is 10.2 Å². The summed E-state index contributed by atoms with van der Waals surface area (Å²) in [4.78, 5) is 13.8. The average molecular weight is 212 g/mol. The van der Waals surface area contributed by atoms with Gasteiger partial charge in [0.05, 0.1) is 6.61 Å². The van der Waals surface area contributed by atoms with E-state index >= 15 is 0 Å². The molecule has 2 rings (SSSR count). The minimum Gasteiger partial charge on any atom is -0.366 e. The van der Waals surface area contributed by atoms with Crippen LogP contribution < -0.4 is 5.32 Å². The molecule has 0 aromatic heterocycles. The van der Waals surface area contributed by atoms with Crippen LogP contribution in [-0.4, -0.2) is 50.2 Å². The molecule has 0 bridgehead atoms. The van der Waals surface area contributed by atoms with Gasteiger partial charge in [-0.25, -0.2) is 0 Å². The Labute approximate surface area is 91.0 Å². The number of rotatable bonds is 3. The van der Waals surface area contributed by atoms with Crippen molar-refractivity contribution in [2.75, 3.05) is 33.3 Å². The third kappa shape index (κ3) is 2.69. The molecular formula is C11H20N2O2. The fourth-order valence-electron chi connectivity index (χ4n) is 2.12. The number of morpholine rings is 1. The van der Waals surface area contributed by atoms with Gasteiger partial charge < -0.3 is 15.0 Å². The summed E-state index contributed by atoms with van der Waals surface area (Å²) in [6.45, 7) is 3.07. The van der Waals surface area contributed by atoms with Crippen LogP contribution in [0.1, 0.15) is 19.3 Å². The summed E-state index contributed by atoms with van der Waals surface area (Å²) >= 11 is 0. The highest BCUT2D eigenvalue weighted by atomic mass is 16.5. The second kappa shape index (κ2) is 4.94. The lowest BCUT2D eigenvalue weighted by atomic mass is 9.85. The fourth-order valence-corrected chi connectivity index (χ4v) is 2.12. The third-order valence-corrected chi connectivity index (χ3v) is 3.34. The minimum absolute atomic E-state index is 0.133. The molecule has 0 aromatic carbocycles. The summed E-state index contributed by atoms with van der Waals surface area (Å²) < 4.78 is 5.44. The summed E-state index contributed by atoms with van der Waals surface area (Å²) in [5.41, 5.74) is 0. The summed E-state index contributed by atoms with van der Waals surface area (Å²) in [7, 11) is 1.89. The van der Waals surface area contributed by atoms with E-state index in [1.54, 1.807) is 0 Å². The topological polar surface area (TPSA) is 41.6 Å². The minimum atomic E-state index is -0.260. The van der Waals surface area contributed by atoms with E-state index < -0.39 is 0 Å². The summed E-state index contributed by atoms with van der Waals surface area (Å²) in [6.07, 6.45) is 3.63. The van der Waals surface area contributed by atoms with E-state index in [4.69, 9.17) is 4.74 Å². The van der Waals surface area contributed by atoms with Crippen LogP contribution in [0.15, 0.2) is 0 Å². The van der Waals surface area contributed by atoms with Gasteiger partial charge in [-0.05, 0) is 18.8 Å². The SMILES string of the molecule is CN(CC1CCC1)C(=O)[C@@H]1CNCCO1. The summed E-state index contributed by atoms with van der Waals surface area (Å²) in [5.74, 6) is 0.865. The standard InChI is InChI=1S/C11H20N2O2/c1-13(8-9-3-2-4-9)11(14)10-7-12-5-6-15-10/h9-10,12H,2-8H2,1H3/t10-/m0/s1. The first-order chi connectivity index (χ1) is 7.27. The summed E-state index contributed by atoms with van der Waals surface area (Å²) in [5, 5.41) is 3.18. The Morgan fingerprint density at radius 3 is 2.87 bits per heavy atom. The van der Waals surface area contributed by atoms with Gasteiger partial charge in [-0.1, -0.05) is 6.42 Å². The number of likely N-dealkylation sites (N-methyl/N-ethyl adjacent to an activating group) is 1. The predicted octanol–water partition coefficient (Wildman–Crippen LogP) is 0.233. The molecule has 86 valence electrons. The van der Waals surface area contributed by atoms with Crippen molar-refractivity contribution in [1.29, 1.82) is 0 Å². The Balaban J connectivity index is 1.77. The van der Waals surface area contributed by atoms with Crippen molar-refractivity contribution >= 4 is 5.91 Å². The van der Waals surface area contributed by atoms with Crippen LogP contribution in [0.2, 0.25) is 0 Å². The van der Waals surface area contributed by atoms with E-state index in [9.17, 15) is 4.79 Å². The van der Waals surface area contributed by atoms with Crippen LogP contribution in [-0.2, 0) is 9.53 Å². The van der Waals surface area contributed by atoms with Gasteiger partial charge in [0.15, 0.2) is 0 Å². The molecule has 1 atom stereocenters. The largest absolute Gasteiger partial charge is 0.366 e. The Bertz CT molecular complexity index is 223. The second-order valence-electron chi connectivity index (χ2n) is 4.58. The molecule has 4 nitrogen and oxygen atoms in total. The molecule has 1 saturated heterocycles. The van der Waals surface area contributed by atoms with Crippen LogP contribution in [0.4, 0.5) is 0 Å². The Hall–Kier alpha value is -0.610.